The van der Waals surface area contributed by atoms with Crippen molar-refractivity contribution in [3.8, 4) is 5.75 Å². The van der Waals surface area contributed by atoms with Gasteiger partial charge in [0, 0.05) is 31.7 Å². The third kappa shape index (κ3) is 4.55. The van der Waals surface area contributed by atoms with Gasteiger partial charge in [-0.05, 0) is 43.7 Å². The molecule has 0 unspecified atom stereocenters. The van der Waals surface area contributed by atoms with E-state index in [0.29, 0.717) is 6.54 Å². The van der Waals surface area contributed by atoms with Gasteiger partial charge in [-0.3, -0.25) is 9.69 Å². The molecule has 1 aromatic rings. The summed E-state index contributed by atoms with van der Waals surface area (Å²) in [6.07, 6.45) is 1.88. The number of rotatable bonds is 7. The number of ether oxygens (including phenoxy) is 1. The fourth-order valence-corrected chi connectivity index (χ4v) is 2.68. The molecule has 0 bridgehead atoms. The van der Waals surface area contributed by atoms with Crippen molar-refractivity contribution >= 4 is 5.78 Å². The van der Waals surface area contributed by atoms with Gasteiger partial charge in [-0.2, -0.15) is 0 Å². The van der Waals surface area contributed by atoms with E-state index >= 15 is 0 Å². The van der Waals surface area contributed by atoms with Crippen LogP contribution in [0.25, 0.3) is 0 Å². The van der Waals surface area contributed by atoms with Gasteiger partial charge in [-0.15, -0.1) is 0 Å². The van der Waals surface area contributed by atoms with Gasteiger partial charge in [0.05, 0.1) is 13.2 Å². The van der Waals surface area contributed by atoms with Gasteiger partial charge in [0.25, 0.3) is 0 Å². The Kier molecular flexibility index (Phi) is 6.40. The van der Waals surface area contributed by atoms with E-state index in [2.05, 4.69) is 30.7 Å². The second-order valence-corrected chi connectivity index (χ2v) is 6.03. The molecule has 1 aliphatic rings. The van der Waals surface area contributed by atoms with Crippen molar-refractivity contribution in [3.05, 3.63) is 29.3 Å². The molecule has 0 aromatic heterocycles. The Morgan fingerprint density at radius 1 is 1.18 bits per heavy atom. The lowest BCUT2D eigenvalue weighted by molar-refractivity contribution is 0.0876. The Balaban J connectivity index is 2.00. The van der Waals surface area contributed by atoms with E-state index in [1.54, 1.807) is 0 Å². The fraction of sp³-hybridized carbons (Fsp3) is 0.611. The monoisotopic (exact) mass is 304 g/mol. The summed E-state index contributed by atoms with van der Waals surface area (Å²) >= 11 is 0. The van der Waals surface area contributed by atoms with Gasteiger partial charge in [-0.25, -0.2) is 0 Å². The van der Waals surface area contributed by atoms with Crippen LogP contribution in [0.2, 0.25) is 0 Å². The van der Waals surface area contributed by atoms with Crippen molar-refractivity contribution in [1.82, 2.24) is 9.80 Å². The second kappa shape index (κ2) is 8.30. The number of aryl methyl sites for hydroxylation is 1. The number of ketones is 1. The number of hydrogen-bond donors (Lipinski definition) is 0. The van der Waals surface area contributed by atoms with Crippen LogP contribution in [0.1, 0.15) is 36.2 Å². The number of piperazine rings is 1. The second-order valence-electron chi connectivity index (χ2n) is 6.03. The van der Waals surface area contributed by atoms with E-state index in [1.165, 1.54) is 0 Å². The maximum Gasteiger partial charge on any atom is 0.176 e. The molecule has 0 amide bonds. The van der Waals surface area contributed by atoms with Crippen molar-refractivity contribution < 1.29 is 9.53 Å². The largest absolute Gasteiger partial charge is 0.493 e. The molecule has 122 valence electrons. The van der Waals surface area contributed by atoms with Crippen LogP contribution in [0, 0.1) is 0 Å². The van der Waals surface area contributed by atoms with Crippen LogP contribution >= 0.6 is 0 Å². The number of carbonyl (C=O) groups excluding carboxylic acids is 1. The third-order valence-corrected chi connectivity index (χ3v) is 4.19. The fourth-order valence-electron chi connectivity index (χ4n) is 2.68. The minimum absolute atomic E-state index is 0.210. The molecule has 1 aliphatic heterocycles. The normalized spacial score (nSPS) is 16.7. The van der Waals surface area contributed by atoms with Gasteiger partial charge in [0.15, 0.2) is 5.78 Å². The van der Waals surface area contributed by atoms with Crippen molar-refractivity contribution in [3.63, 3.8) is 0 Å². The van der Waals surface area contributed by atoms with Crippen molar-refractivity contribution in [2.45, 2.75) is 26.7 Å². The number of benzene rings is 1. The van der Waals surface area contributed by atoms with Crippen LogP contribution in [0.15, 0.2) is 18.2 Å². The Morgan fingerprint density at radius 3 is 2.55 bits per heavy atom. The molecular weight excluding hydrogens is 276 g/mol. The average molecular weight is 304 g/mol. The standard InChI is InChI=1S/C18H28N2O2/c1-4-12-22-18-7-6-16(13-15(18)5-2)17(21)14-20-10-8-19(3)9-11-20/h6-7,13H,4-5,8-12,14H2,1-3H3. The molecule has 0 radical (unpaired) electrons. The summed E-state index contributed by atoms with van der Waals surface area (Å²) in [6, 6.07) is 5.86. The van der Waals surface area contributed by atoms with Crippen LogP contribution in [0.3, 0.4) is 0 Å². The predicted molar refractivity (Wildman–Crippen MR) is 89.9 cm³/mol. The summed E-state index contributed by atoms with van der Waals surface area (Å²) < 4.78 is 5.75. The summed E-state index contributed by atoms with van der Waals surface area (Å²) in [6.45, 7) is 9.46. The van der Waals surface area contributed by atoms with Crippen LogP contribution in [0.4, 0.5) is 0 Å². The molecule has 4 nitrogen and oxygen atoms in total. The first-order valence-corrected chi connectivity index (χ1v) is 8.33. The summed E-state index contributed by atoms with van der Waals surface area (Å²) in [7, 11) is 2.13. The summed E-state index contributed by atoms with van der Waals surface area (Å²) in [5.74, 6) is 1.13. The first-order chi connectivity index (χ1) is 10.6. The van der Waals surface area contributed by atoms with E-state index in [-0.39, 0.29) is 5.78 Å². The van der Waals surface area contributed by atoms with Crippen molar-refractivity contribution in [1.29, 1.82) is 0 Å². The molecule has 2 rings (SSSR count). The maximum absolute atomic E-state index is 12.5. The molecule has 1 aromatic carbocycles. The zero-order valence-electron chi connectivity index (χ0n) is 14.1. The number of likely N-dealkylation sites (N-methyl/N-ethyl adjacent to an activating group) is 1. The highest BCUT2D eigenvalue weighted by atomic mass is 16.5. The molecule has 22 heavy (non-hydrogen) atoms. The quantitative estimate of drug-likeness (QED) is 0.725. The summed E-state index contributed by atoms with van der Waals surface area (Å²) in [5.41, 5.74) is 1.93. The Labute approximate surface area is 134 Å². The van der Waals surface area contributed by atoms with E-state index < -0.39 is 0 Å². The highest BCUT2D eigenvalue weighted by Crippen LogP contribution is 2.21. The van der Waals surface area contributed by atoms with Crippen LogP contribution in [0.5, 0.6) is 5.75 Å². The van der Waals surface area contributed by atoms with Crippen LogP contribution in [-0.2, 0) is 6.42 Å². The van der Waals surface area contributed by atoms with Gasteiger partial charge in [0.1, 0.15) is 5.75 Å². The molecule has 4 heteroatoms. The first-order valence-electron chi connectivity index (χ1n) is 8.33. The lowest BCUT2D eigenvalue weighted by Crippen LogP contribution is -2.46. The maximum atomic E-state index is 12.5. The molecular formula is C18H28N2O2. The molecule has 0 atom stereocenters. The molecule has 1 fully saturated rings. The lowest BCUT2D eigenvalue weighted by Gasteiger charge is -2.31. The summed E-state index contributed by atoms with van der Waals surface area (Å²) in [4.78, 5) is 17.0. The van der Waals surface area contributed by atoms with Crippen LogP contribution in [-0.4, -0.2) is 62.0 Å². The minimum atomic E-state index is 0.210. The van der Waals surface area contributed by atoms with Crippen LogP contribution < -0.4 is 4.74 Å². The van der Waals surface area contributed by atoms with E-state index in [1.807, 2.05) is 18.2 Å². The highest BCUT2D eigenvalue weighted by molar-refractivity contribution is 5.98. The Bertz CT molecular complexity index is 494. The van der Waals surface area contributed by atoms with Gasteiger partial charge in [-0.1, -0.05) is 13.8 Å². The van der Waals surface area contributed by atoms with Gasteiger partial charge in [0.2, 0.25) is 0 Å². The molecule has 0 N–H and O–H groups in total. The zero-order chi connectivity index (χ0) is 15.9. The van der Waals surface area contributed by atoms with E-state index in [0.717, 1.165) is 62.5 Å². The van der Waals surface area contributed by atoms with Crippen molar-refractivity contribution in [2.75, 3.05) is 46.4 Å². The first kappa shape index (κ1) is 17.0. The average Bonchev–Trinajstić information content (AvgIpc) is 2.54. The Morgan fingerprint density at radius 2 is 1.91 bits per heavy atom. The smallest absolute Gasteiger partial charge is 0.176 e. The van der Waals surface area contributed by atoms with E-state index in [4.69, 9.17) is 4.74 Å². The van der Waals surface area contributed by atoms with Gasteiger partial charge >= 0.3 is 0 Å². The SMILES string of the molecule is CCCOc1ccc(C(=O)CN2CCN(C)CC2)cc1CC. The zero-order valence-corrected chi connectivity index (χ0v) is 14.1. The lowest BCUT2D eigenvalue weighted by atomic mass is 10.0. The number of hydrogen-bond acceptors (Lipinski definition) is 4. The molecule has 1 saturated heterocycles. The molecule has 0 spiro atoms. The van der Waals surface area contributed by atoms with E-state index in [9.17, 15) is 4.79 Å². The van der Waals surface area contributed by atoms with Crippen molar-refractivity contribution in [2.24, 2.45) is 0 Å². The topological polar surface area (TPSA) is 32.8 Å². The molecule has 0 saturated carbocycles. The Hall–Kier alpha value is -1.39. The number of carbonyl (C=O) groups is 1. The highest BCUT2D eigenvalue weighted by Gasteiger charge is 2.18. The predicted octanol–water partition coefficient (Wildman–Crippen LogP) is 2.47. The minimum Gasteiger partial charge on any atom is -0.493 e. The third-order valence-electron chi connectivity index (χ3n) is 4.19. The summed E-state index contributed by atoms with van der Waals surface area (Å²) in [5, 5.41) is 0. The van der Waals surface area contributed by atoms with Gasteiger partial charge < -0.3 is 9.64 Å². The molecule has 1 heterocycles. The molecule has 0 aliphatic carbocycles. The number of nitrogens with zero attached hydrogens (tertiary/aromatic N) is 2. The number of Topliss-reactive ketones (excluding diaryl/α,β-unsaturated/α-hetero) is 1.